The average molecular weight is 479 g/mol. The average Bonchev–Trinajstić information content (AvgIpc) is 3.50. The van der Waals surface area contributed by atoms with E-state index in [0.717, 1.165) is 38.8 Å². The summed E-state index contributed by atoms with van der Waals surface area (Å²) < 4.78 is 26.5. The third-order valence-electron chi connectivity index (χ3n) is 8.10. The third kappa shape index (κ3) is 5.31. The zero-order valence-electron chi connectivity index (χ0n) is 20.9. The number of hydrogen-bond acceptors (Lipinski definition) is 6. The minimum atomic E-state index is -3.33. The molecule has 7 nitrogen and oxygen atoms in total. The summed E-state index contributed by atoms with van der Waals surface area (Å²) in [4.78, 5) is 6.82. The molecule has 1 spiro atoms. The van der Waals surface area contributed by atoms with Gasteiger partial charge in [0.2, 0.25) is 10.0 Å². The maximum Gasteiger partial charge on any atom is 0.209 e. The van der Waals surface area contributed by atoms with E-state index in [2.05, 4.69) is 63.8 Å². The molecule has 33 heavy (non-hydrogen) atoms. The number of hydrogen-bond donors (Lipinski definition) is 2. The number of nitrogens with one attached hydrogen (secondary N) is 1. The first-order chi connectivity index (χ1) is 15.4. The van der Waals surface area contributed by atoms with Crippen LogP contribution < -0.4 is 4.72 Å². The van der Waals surface area contributed by atoms with Crippen molar-refractivity contribution < 1.29 is 13.5 Å². The first-order valence-corrected chi connectivity index (χ1v) is 14.2. The molecule has 186 valence electrons. The van der Waals surface area contributed by atoms with Gasteiger partial charge in [-0.15, -0.1) is 0 Å². The van der Waals surface area contributed by atoms with Gasteiger partial charge in [-0.25, -0.2) is 13.1 Å². The topological polar surface area (TPSA) is 76.1 Å². The van der Waals surface area contributed by atoms with Crippen LogP contribution in [0.25, 0.3) is 0 Å². The van der Waals surface area contributed by atoms with Crippen LogP contribution in [0.2, 0.25) is 0 Å². The summed E-state index contributed by atoms with van der Waals surface area (Å²) in [6.07, 6.45) is 7.11. The SMILES string of the molecule is CN(C)[C@]1(c2ccccc2)CC[C@]2(CC1)CN(CC(C)(C)NS(C)(=O)=O)C(O)N2CC1CC1. The lowest BCUT2D eigenvalue weighted by atomic mass is 9.68. The van der Waals surface area contributed by atoms with Crippen LogP contribution in [-0.2, 0) is 15.6 Å². The molecule has 2 saturated carbocycles. The molecule has 0 radical (unpaired) electrons. The van der Waals surface area contributed by atoms with Crippen molar-refractivity contribution in [1.82, 2.24) is 19.4 Å². The van der Waals surface area contributed by atoms with Gasteiger partial charge in [-0.1, -0.05) is 30.3 Å². The summed E-state index contributed by atoms with van der Waals surface area (Å²) in [5.74, 6) is 0.674. The number of aliphatic hydroxyl groups is 1. The van der Waals surface area contributed by atoms with Gasteiger partial charge in [0.15, 0.2) is 6.35 Å². The zero-order valence-corrected chi connectivity index (χ0v) is 21.7. The Labute approximate surface area is 200 Å². The third-order valence-corrected chi connectivity index (χ3v) is 9.02. The first kappa shape index (κ1) is 25.1. The number of aliphatic hydroxyl groups excluding tert-OH is 1. The second-order valence-electron chi connectivity index (χ2n) is 11.6. The molecule has 1 unspecified atom stereocenters. The van der Waals surface area contributed by atoms with Crippen LogP contribution in [0.1, 0.15) is 57.9 Å². The molecule has 1 aromatic carbocycles. The zero-order chi connectivity index (χ0) is 24.1. The van der Waals surface area contributed by atoms with Gasteiger partial charge < -0.3 is 5.11 Å². The smallest absolute Gasteiger partial charge is 0.209 e. The predicted octanol–water partition coefficient (Wildman–Crippen LogP) is 2.39. The van der Waals surface area contributed by atoms with Gasteiger partial charge in [0, 0.05) is 36.3 Å². The summed E-state index contributed by atoms with van der Waals surface area (Å²) >= 11 is 0. The van der Waals surface area contributed by atoms with Crippen LogP contribution >= 0.6 is 0 Å². The highest BCUT2D eigenvalue weighted by Gasteiger charge is 2.55. The van der Waals surface area contributed by atoms with Gasteiger partial charge in [0.1, 0.15) is 0 Å². The minimum absolute atomic E-state index is 0.00719. The van der Waals surface area contributed by atoms with Gasteiger partial charge in [0.25, 0.3) is 0 Å². The van der Waals surface area contributed by atoms with Crippen LogP contribution in [0.15, 0.2) is 30.3 Å². The van der Waals surface area contributed by atoms with Crippen molar-refractivity contribution in [3.8, 4) is 0 Å². The first-order valence-electron chi connectivity index (χ1n) is 12.3. The van der Waals surface area contributed by atoms with Gasteiger partial charge >= 0.3 is 0 Å². The standard InChI is InChI=1S/C25H42N4O3S/c1-23(2,26-33(5,31)32)18-28-19-24(29(22(28)30)17-20-11-12-20)13-15-25(16-14-24,27(3)4)21-9-7-6-8-10-21/h6-10,20,22,26,30H,11-19H2,1-5H3/t22?,24-,25+. The van der Waals surface area contributed by atoms with E-state index in [1.54, 1.807) is 0 Å². The van der Waals surface area contributed by atoms with Crippen LogP contribution in [0, 0.1) is 5.92 Å². The Morgan fingerprint density at radius 3 is 2.24 bits per heavy atom. The number of rotatable bonds is 8. The highest BCUT2D eigenvalue weighted by atomic mass is 32.2. The molecule has 1 aliphatic heterocycles. The molecule has 1 saturated heterocycles. The fourth-order valence-electron chi connectivity index (χ4n) is 6.36. The van der Waals surface area contributed by atoms with Crippen molar-refractivity contribution in [3.63, 3.8) is 0 Å². The fraction of sp³-hybridized carbons (Fsp3) is 0.760. The van der Waals surface area contributed by atoms with E-state index in [0.29, 0.717) is 12.5 Å². The molecule has 0 amide bonds. The predicted molar refractivity (Wildman–Crippen MR) is 132 cm³/mol. The summed E-state index contributed by atoms with van der Waals surface area (Å²) in [6.45, 7) is 5.96. The van der Waals surface area contributed by atoms with E-state index in [1.165, 1.54) is 24.7 Å². The van der Waals surface area contributed by atoms with E-state index in [1.807, 2.05) is 13.8 Å². The molecule has 2 N–H and O–H groups in total. The van der Waals surface area contributed by atoms with Gasteiger partial charge in [0.05, 0.1) is 6.26 Å². The number of benzene rings is 1. The number of nitrogens with zero attached hydrogens (tertiary/aromatic N) is 3. The summed E-state index contributed by atoms with van der Waals surface area (Å²) in [5.41, 5.74) is 0.648. The van der Waals surface area contributed by atoms with Crippen molar-refractivity contribution >= 4 is 10.0 Å². The molecular weight excluding hydrogens is 436 g/mol. The normalized spacial score (nSPS) is 32.2. The van der Waals surface area contributed by atoms with E-state index in [4.69, 9.17) is 0 Å². The summed E-state index contributed by atoms with van der Waals surface area (Å²) in [6, 6.07) is 10.8. The second-order valence-corrected chi connectivity index (χ2v) is 13.4. The van der Waals surface area contributed by atoms with Crippen molar-refractivity contribution in [1.29, 1.82) is 0 Å². The lowest BCUT2D eigenvalue weighted by molar-refractivity contribution is -0.0967. The van der Waals surface area contributed by atoms with Crippen LogP contribution in [0.3, 0.4) is 0 Å². The monoisotopic (exact) mass is 478 g/mol. The maximum atomic E-state index is 11.9. The van der Waals surface area contributed by atoms with Crippen LogP contribution in [-0.4, -0.2) is 85.6 Å². The lowest BCUT2D eigenvalue weighted by Crippen LogP contribution is -2.56. The van der Waals surface area contributed by atoms with Crippen LogP contribution in [0.5, 0.6) is 0 Å². The summed E-state index contributed by atoms with van der Waals surface area (Å²) in [7, 11) is 1.04. The molecular formula is C25H42N4O3S. The Morgan fingerprint density at radius 2 is 1.73 bits per heavy atom. The molecule has 3 aliphatic rings. The Bertz CT molecular complexity index is 922. The van der Waals surface area contributed by atoms with Crippen molar-refractivity contribution in [2.75, 3.05) is 40.0 Å². The van der Waals surface area contributed by atoms with Gasteiger partial charge in [-0.05, 0) is 77.9 Å². The van der Waals surface area contributed by atoms with Crippen molar-refractivity contribution in [3.05, 3.63) is 35.9 Å². The Balaban J connectivity index is 1.56. The van der Waals surface area contributed by atoms with E-state index < -0.39 is 21.9 Å². The molecule has 8 heteroatoms. The lowest BCUT2D eigenvalue weighted by Gasteiger charge is -2.51. The van der Waals surface area contributed by atoms with E-state index in [-0.39, 0.29) is 11.1 Å². The molecule has 0 bridgehead atoms. The Morgan fingerprint density at radius 1 is 1.12 bits per heavy atom. The van der Waals surface area contributed by atoms with Gasteiger partial charge in [-0.2, -0.15) is 0 Å². The molecule has 1 heterocycles. The Hall–Kier alpha value is -1.03. The van der Waals surface area contributed by atoms with Gasteiger partial charge in [-0.3, -0.25) is 14.7 Å². The maximum absolute atomic E-state index is 11.9. The summed E-state index contributed by atoms with van der Waals surface area (Å²) in [5, 5.41) is 11.4. The fourth-order valence-corrected chi connectivity index (χ4v) is 7.42. The van der Waals surface area contributed by atoms with E-state index in [9.17, 15) is 13.5 Å². The molecule has 1 atom stereocenters. The largest absolute Gasteiger partial charge is 0.365 e. The quantitative estimate of drug-likeness (QED) is 0.598. The second kappa shape index (κ2) is 8.88. The van der Waals surface area contributed by atoms with Crippen LogP contribution in [0.4, 0.5) is 0 Å². The molecule has 1 aromatic rings. The molecule has 0 aromatic heterocycles. The highest BCUT2D eigenvalue weighted by molar-refractivity contribution is 7.88. The molecule has 2 aliphatic carbocycles. The van der Waals surface area contributed by atoms with Crippen molar-refractivity contribution in [2.24, 2.45) is 5.92 Å². The minimum Gasteiger partial charge on any atom is -0.365 e. The highest BCUT2D eigenvalue weighted by Crippen LogP contribution is 2.50. The molecule has 4 rings (SSSR count). The molecule has 3 fully saturated rings. The van der Waals surface area contributed by atoms with Crippen molar-refractivity contribution in [2.45, 2.75) is 75.3 Å². The number of sulfonamides is 1. The van der Waals surface area contributed by atoms with E-state index >= 15 is 0 Å². The Kier molecular flexibility index (Phi) is 6.75.